The number of fused-ring (bicyclic) bond motifs is 2. The predicted molar refractivity (Wildman–Crippen MR) is 111 cm³/mol. The number of carbonyl (C=O) groups excluding carboxylic acids is 1. The minimum Gasteiger partial charge on any atom is -0.480 e. The van der Waals surface area contributed by atoms with Crippen LogP contribution in [0.25, 0.3) is 27.8 Å². The van der Waals surface area contributed by atoms with Crippen LogP contribution in [0, 0.1) is 0 Å². The summed E-state index contributed by atoms with van der Waals surface area (Å²) in [5, 5.41) is 11.3. The molecule has 3 N–H and O–H groups in total. The molecule has 0 saturated heterocycles. The van der Waals surface area contributed by atoms with E-state index >= 15 is 0 Å². The SMILES string of the molecule is COc1nc(N[C@H]2C[C@@](C)(NC(C)=O)C2)nc2[nH]cc(-c3ccn4ncnc4c3)c12. The van der Waals surface area contributed by atoms with Gasteiger partial charge < -0.3 is 20.4 Å². The van der Waals surface area contributed by atoms with Gasteiger partial charge in [0.15, 0.2) is 5.65 Å². The normalized spacial score (nSPS) is 20.8. The lowest BCUT2D eigenvalue weighted by Crippen LogP contribution is -2.59. The predicted octanol–water partition coefficient (Wildman–Crippen LogP) is 2.15. The highest BCUT2D eigenvalue weighted by molar-refractivity contribution is 5.98. The van der Waals surface area contributed by atoms with Crippen LogP contribution in [0.2, 0.25) is 0 Å². The van der Waals surface area contributed by atoms with Gasteiger partial charge in [-0.3, -0.25) is 4.79 Å². The Kier molecular flexibility index (Phi) is 4.09. The van der Waals surface area contributed by atoms with Gasteiger partial charge in [0.05, 0.1) is 12.5 Å². The van der Waals surface area contributed by atoms with Crippen LogP contribution in [0.1, 0.15) is 26.7 Å². The third-order valence-electron chi connectivity index (χ3n) is 5.49. The maximum atomic E-state index is 11.3. The van der Waals surface area contributed by atoms with E-state index < -0.39 is 0 Å². The van der Waals surface area contributed by atoms with Crippen molar-refractivity contribution in [3.8, 4) is 17.0 Å². The van der Waals surface area contributed by atoms with Gasteiger partial charge in [0.1, 0.15) is 12.0 Å². The highest BCUT2D eigenvalue weighted by atomic mass is 16.5. The Balaban J connectivity index is 1.44. The van der Waals surface area contributed by atoms with Crippen molar-refractivity contribution in [2.45, 2.75) is 38.3 Å². The fourth-order valence-electron chi connectivity index (χ4n) is 4.26. The molecule has 0 unspecified atom stereocenters. The summed E-state index contributed by atoms with van der Waals surface area (Å²) in [6.45, 7) is 3.58. The number of carbonyl (C=O) groups is 1. The molecule has 154 valence electrons. The third kappa shape index (κ3) is 3.10. The van der Waals surface area contributed by atoms with E-state index in [0.29, 0.717) is 17.5 Å². The van der Waals surface area contributed by atoms with Crippen molar-refractivity contribution >= 4 is 28.5 Å². The molecule has 0 aliphatic heterocycles. The van der Waals surface area contributed by atoms with Crippen molar-refractivity contribution in [3.63, 3.8) is 0 Å². The monoisotopic (exact) mass is 406 g/mol. The van der Waals surface area contributed by atoms with Crippen molar-refractivity contribution in [1.29, 1.82) is 0 Å². The first-order chi connectivity index (χ1) is 14.4. The van der Waals surface area contributed by atoms with Gasteiger partial charge >= 0.3 is 0 Å². The molecule has 0 radical (unpaired) electrons. The summed E-state index contributed by atoms with van der Waals surface area (Å²) in [5.41, 5.74) is 3.16. The molecule has 1 fully saturated rings. The molecule has 1 aliphatic rings. The molecule has 10 nitrogen and oxygen atoms in total. The Morgan fingerprint density at radius 2 is 2.20 bits per heavy atom. The van der Waals surface area contributed by atoms with E-state index in [-0.39, 0.29) is 17.5 Å². The molecule has 1 amide bonds. The van der Waals surface area contributed by atoms with Crippen LogP contribution >= 0.6 is 0 Å². The van der Waals surface area contributed by atoms with Crippen LogP contribution < -0.4 is 15.4 Å². The van der Waals surface area contributed by atoms with Crippen molar-refractivity contribution in [2.75, 3.05) is 12.4 Å². The van der Waals surface area contributed by atoms with Crippen molar-refractivity contribution in [3.05, 3.63) is 30.9 Å². The Morgan fingerprint density at radius 3 is 2.97 bits per heavy atom. The van der Waals surface area contributed by atoms with E-state index in [2.05, 4.69) is 35.7 Å². The molecule has 4 heterocycles. The molecule has 1 saturated carbocycles. The van der Waals surface area contributed by atoms with E-state index in [1.54, 1.807) is 11.6 Å². The smallest absolute Gasteiger partial charge is 0.228 e. The molecule has 1 aliphatic carbocycles. The van der Waals surface area contributed by atoms with E-state index in [9.17, 15) is 4.79 Å². The van der Waals surface area contributed by atoms with Crippen molar-refractivity contribution in [2.24, 2.45) is 0 Å². The van der Waals surface area contributed by atoms with Gasteiger partial charge in [0.2, 0.25) is 17.7 Å². The molecular formula is C20H22N8O2. The summed E-state index contributed by atoms with van der Waals surface area (Å²) < 4.78 is 7.30. The maximum Gasteiger partial charge on any atom is 0.228 e. The Hall–Kier alpha value is -3.69. The number of amides is 1. The number of anilines is 1. The molecule has 30 heavy (non-hydrogen) atoms. The van der Waals surface area contributed by atoms with Crippen molar-refractivity contribution in [1.82, 2.24) is 34.9 Å². The number of nitrogens with zero attached hydrogens (tertiary/aromatic N) is 5. The summed E-state index contributed by atoms with van der Waals surface area (Å²) in [7, 11) is 1.60. The number of methoxy groups -OCH3 is 1. The first-order valence-corrected chi connectivity index (χ1v) is 9.72. The molecule has 0 spiro atoms. The molecule has 5 rings (SSSR count). The van der Waals surface area contributed by atoms with E-state index in [1.807, 2.05) is 31.5 Å². The van der Waals surface area contributed by atoms with Gasteiger partial charge in [-0.05, 0) is 37.5 Å². The standard InChI is InChI=1S/C20H22N8O2/c1-11(29)27-20(2)7-13(8-20)24-19-25-17-16(18(26-19)30-3)14(9-21-17)12-4-5-28-15(6-12)22-10-23-28/h4-6,9-10,13H,7-8H2,1-3H3,(H,27,29)(H2,21,24,25,26)/t13-,20+. The average molecular weight is 406 g/mol. The number of H-pyrrole nitrogens is 1. The summed E-state index contributed by atoms with van der Waals surface area (Å²) in [4.78, 5) is 28.0. The Morgan fingerprint density at radius 1 is 1.37 bits per heavy atom. The first kappa shape index (κ1) is 18.3. The fourth-order valence-corrected chi connectivity index (χ4v) is 4.26. The van der Waals surface area contributed by atoms with Crippen LogP contribution in [0.15, 0.2) is 30.9 Å². The molecule has 0 aromatic carbocycles. The number of nitrogens with one attached hydrogen (secondary N) is 3. The first-order valence-electron chi connectivity index (χ1n) is 9.72. The number of pyridine rings is 1. The minimum absolute atomic E-state index is 0.0153. The molecule has 4 aromatic rings. The summed E-state index contributed by atoms with van der Waals surface area (Å²) in [5.74, 6) is 0.970. The van der Waals surface area contributed by atoms with Crippen LogP contribution in [0.3, 0.4) is 0 Å². The van der Waals surface area contributed by atoms with Gasteiger partial charge in [-0.25, -0.2) is 9.50 Å². The molecule has 4 aromatic heterocycles. The van der Waals surface area contributed by atoms with Gasteiger partial charge in [-0.1, -0.05) is 0 Å². The number of aromatic nitrogens is 6. The largest absolute Gasteiger partial charge is 0.480 e. The topological polar surface area (TPSA) is 122 Å². The zero-order chi connectivity index (χ0) is 20.9. The molecule has 0 bridgehead atoms. The zero-order valence-electron chi connectivity index (χ0n) is 16.9. The average Bonchev–Trinajstić information content (AvgIpc) is 3.31. The van der Waals surface area contributed by atoms with Gasteiger partial charge in [0.25, 0.3) is 0 Å². The molecular weight excluding hydrogens is 384 g/mol. The van der Waals surface area contributed by atoms with Crippen LogP contribution in [0.5, 0.6) is 5.88 Å². The second-order valence-electron chi connectivity index (χ2n) is 7.95. The zero-order valence-corrected chi connectivity index (χ0v) is 16.9. The quantitative estimate of drug-likeness (QED) is 0.464. The Bertz CT molecular complexity index is 1250. The number of hydrogen-bond donors (Lipinski definition) is 3. The highest BCUT2D eigenvalue weighted by Gasteiger charge is 2.41. The fraction of sp³-hybridized carbons (Fsp3) is 0.350. The van der Waals surface area contributed by atoms with Crippen molar-refractivity contribution < 1.29 is 9.53 Å². The van der Waals surface area contributed by atoms with E-state index in [1.165, 1.54) is 13.3 Å². The van der Waals surface area contributed by atoms with Crippen LogP contribution in [-0.2, 0) is 4.79 Å². The molecule has 10 heteroatoms. The van der Waals surface area contributed by atoms with Crippen LogP contribution in [0.4, 0.5) is 5.95 Å². The number of hydrogen-bond acceptors (Lipinski definition) is 7. The second-order valence-corrected chi connectivity index (χ2v) is 7.95. The summed E-state index contributed by atoms with van der Waals surface area (Å²) >= 11 is 0. The summed E-state index contributed by atoms with van der Waals surface area (Å²) in [6, 6.07) is 4.11. The van der Waals surface area contributed by atoms with Gasteiger partial charge in [-0.15, -0.1) is 0 Å². The highest BCUT2D eigenvalue weighted by Crippen LogP contribution is 2.37. The Labute approximate surface area is 172 Å². The van der Waals surface area contributed by atoms with E-state index in [4.69, 9.17) is 4.74 Å². The van der Waals surface area contributed by atoms with E-state index in [0.717, 1.165) is 35.0 Å². The minimum atomic E-state index is -0.183. The maximum absolute atomic E-state index is 11.3. The lowest BCUT2D eigenvalue weighted by molar-refractivity contribution is -0.121. The third-order valence-corrected chi connectivity index (χ3v) is 5.49. The number of rotatable bonds is 5. The lowest BCUT2D eigenvalue weighted by atomic mass is 9.74. The summed E-state index contributed by atoms with van der Waals surface area (Å²) in [6.07, 6.45) is 6.90. The van der Waals surface area contributed by atoms with Gasteiger partial charge in [-0.2, -0.15) is 15.1 Å². The number of ether oxygens (including phenoxy) is 1. The molecule has 0 atom stereocenters. The van der Waals surface area contributed by atoms with Crippen LogP contribution in [-0.4, -0.2) is 54.1 Å². The second kappa shape index (κ2) is 6.68. The van der Waals surface area contributed by atoms with Gasteiger partial charge in [0, 0.05) is 36.5 Å². The number of aromatic amines is 1. The lowest BCUT2D eigenvalue weighted by Gasteiger charge is -2.45.